The molecule has 0 bridgehead atoms. The van der Waals surface area contributed by atoms with Crippen molar-refractivity contribution in [2.24, 2.45) is 0 Å². The third-order valence-electron chi connectivity index (χ3n) is 1.13. The first-order valence-electron chi connectivity index (χ1n) is 2.98. The van der Waals surface area contributed by atoms with Crippen LogP contribution in [0.2, 0.25) is 0 Å². The fourth-order valence-electron chi connectivity index (χ4n) is 0.744. The van der Waals surface area contributed by atoms with Crippen LogP contribution in [0.25, 0.3) is 0 Å². The minimum Gasteiger partial charge on any atom is -0.325 e. The average Bonchev–Trinajstić information content (AvgIpc) is 1.85. The van der Waals surface area contributed by atoms with Crippen molar-refractivity contribution < 1.29 is 0 Å². The molecule has 0 fully saturated rings. The molecule has 11 heavy (non-hydrogen) atoms. The first-order valence-corrected chi connectivity index (χ1v) is 3.77. The quantitative estimate of drug-likeness (QED) is 0.761. The number of rotatable bonds is 1. The minimum absolute atomic E-state index is 0.190. The van der Waals surface area contributed by atoms with E-state index in [1.165, 1.54) is 6.07 Å². The topological polar surface area (TPSA) is 56.6 Å². The van der Waals surface area contributed by atoms with Crippen LogP contribution in [0.15, 0.2) is 21.4 Å². The zero-order chi connectivity index (χ0) is 8.27. The Hall–Kier alpha value is -1.08. The highest BCUT2D eigenvalue weighted by Crippen LogP contribution is 2.06. The molecular formula is C7H5BrN2O. The first-order chi connectivity index (χ1) is 5.22. The maximum atomic E-state index is 10.8. The Kier molecular flexibility index (Phi) is 2.44. The van der Waals surface area contributed by atoms with Gasteiger partial charge in [0.25, 0.3) is 0 Å². The van der Waals surface area contributed by atoms with Crippen molar-refractivity contribution in [3.05, 3.63) is 32.7 Å². The third-order valence-corrected chi connectivity index (χ3v) is 1.59. The number of aromatic amines is 1. The van der Waals surface area contributed by atoms with Gasteiger partial charge in [-0.1, -0.05) is 15.9 Å². The van der Waals surface area contributed by atoms with Gasteiger partial charge in [-0.25, -0.2) is 0 Å². The number of nitrogens with one attached hydrogen (secondary N) is 1. The molecule has 0 radical (unpaired) electrons. The van der Waals surface area contributed by atoms with Crippen LogP contribution in [0, 0.1) is 11.3 Å². The largest absolute Gasteiger partial charge is 0.325 e. The second kappa shape index (κ2) is 3.35. The Balaban J connectivity index is 3.11. The van der Waals surface area contributed by atoms with E-state index >= 15 is 0 Å². The molecule has 1 aromatic heterocycles. The molecule has 1 heterocycles. The SMILES string of the molecule is N#CCc1cc(Br)cc(=O)[nH]1. The molecule has 0 aliphatic rings. The molecule has 1 aromatic rings. The number of nitriles is 1. The third kappa shape index (κ3) is 2.20. The van der Waals surface area contributed by atoms with E-state index in [9.17, 15) is 4.79 Å². The smallest absolute Gasteiger partial charge is 0.249 e. The van der Waals surface area contributed by atoms with Gasteiger partial charge in [-0.15, -0.1) is 0 Å². The van der Waals surface area contributed by atoms with Gasteiger partial charge in [0, 0.05) is 16.2 Å². The lowest BCUT2D eigenvalue weighted by Gasteiger charge is -1.93. The van der Waals surface area contributed by atoms with Crippen LogP contribution in [0.4, 0.5) is 0 Å². The Bertz CT molecular complexity index is 350. The Morgan fingerprint density at radius 1 is 1.64 bits per heavy atom. The maximum Gasteiger partial charge on any atom is 0.249 e. The lowest BCUT2D eigenvalue weighted by Crippen LogP contribution is -2.06. The monoisotopic (exact) mass is 212 g/mol. The van der Waals surface area contributed by atoms with E-state index in [-0.39, 0.29) is 12.0 Å². The van der Waals surface area contributed by atoms with E-state index in [0.717, 1.165) is 0 Å². The molecule has 0 saturated heterocycles. The molecule has 56 valence electrons. The van der Waals surface area contributed by atoms with Crippen LogP contribution in [0.3, 0.4) is 0 Å². The molecule has 0 amide bonds. The van der Waals surface area contributed by atoms with Gasteiger partial charge in [-0.2, -0.15) is 5.26 Å². The van der Waals surface area contributed by atoms with Crippen LogP contribution in [-0.2, 0) is 6.42 Å². The number of halogens is 1. The number of pyridine rings is 1. The Morgan fingerprint density at radius 3 is 2.91 bits per heavy atom. The fourth-order valence-corrected chi connectivity index (χ4v) is 1.23. The highest BCUT2D eigenvalue weighted by molar-refractivity contribution is 9.10. The number of hydrogen-bond donors (Lipinski definition) is 1. The van der Waals surface area contributed by atoms with Gasteiger partial charge < -0.3 is 4.98 Å². The van der Waals surface area contributed by atoms with Crippen molar-refractivity contribution in [3.8, 4) is 6.07 Å². The van der Waals surface area contributed by atoms with Gasteiger partial charge in [-0.3, -0.25) is 4.79 Å². The standard InChI is InChI=1S/C7H5BrN2O/c8-5-3-6(1-2-9)10-7(11)4-5/h3-4H,1H2,(H,10,11). The minimum atomic E-state index is -0.190. The molecule has 0 spiro atoms. The van der Waals surface area contributed by atoms with E-state index in [0.29, 0.717) is 10.2 Å². The molecule has 0 aromatic carbocycles. The summed E-state index contributed by atoms with van der Waals surface area (Å²) >= 11 is 3.15. The summed E-state index contributed by atoms with van der Waals surface area (Å²) < 4.78 is 0.700. The molecule has 0 unspecified atom stereocenters. The Labute approximate surface area is 71.8 Å². The number of hydrogen-bond acceptors (Lipinski definition) is 2. The van der Waals surface area contributed by atoms with Crippen molar-refractivity contribution >= 4 is 15.9 Å². The van der Waals surface area contributed by atoms with Crippen LogP contribution in [0.5, 0.6) is 0 Å². The van der Waals surface area contributed by atoms with Gasteiger partial charge in [0.15, 0.2) is 0 Å². The number of H-pyrrole nitrogens is 1. The van der Waals surface area contributed by atoms with Crippen molar-refractivity contribution in [1.82, 2.24) is 4.98 Å². The van der Waals surface area contributed by atoms with Crippen LogP contribution >= 0.6 is 15.9 Å². The molecule has 0 aliphatic carbocycles. The van der Waals surface area contributed by atoms with E-state index in [1.807, 2.05) is 6.07 Å². The van der Waals surface area contributed by atoms with Gasteiger partial charge >= 0.3 is 0 Å². The average molecular weight is 213 g/mol. The van der Waals surface area contributed by atoms with E-state index < -0.39 is 0 Å². The molecule has 0 atom stereocenters. The van der Waals surface area contributed by atoms with Gasteiger partial charge in [-0.05, 0) is 6.07 Å². The van der Waals surface area contributed by atoms with Gasteiger partial charge in [0.05, 0.1) is 12.5 Å². The molecule has 0 saturated carbocycles. The molecule has 1 N–H and O–H groups in total. The lowest BCUT2D eigenvalue weighted by molar-refractivity contribution is 1.07. The summed E-state index contributed by atoms with van der Waals surface area (Å²) in [5.41, 5.74) is 0.441. The van der Waals surface area contributed by atoms with Crippen LogP contribution in [0.1, 0.15) is 5.69 Å². The number of nitrogens with zero attached hydrogens (tertiary/aromatic N) is 1. The van der Waals surface area contributed by atoms with Crippen molar-refractivity contribution in [1.29, 1.82) is 5.26 Å². The second-order valence-electron chi connectivity index (χ2n) is 2.02. The Morgan fingerprint density at radius 2 is 2.36 bits per heavy atom. The summed E-state index contributed by atoms with van der Waals surface area (Å²) in [6, 6.07) is 5.08. The highest BCUT2D eigenvalue weighted by Gasteiger charge is 1.94. The molecule has 3 nitrogen and oxygen atoms in total. The summed E-state index contributed by atoms with van der Waals surface area (Å²) in [5, 5.41) is 8.31. The summed E-state index contributed by atoms with van der Waals surface area (Å²) in [7, 11) is 0. The van der Waals surface area contributed by atoms with E-state index in [4.69, 9.17) is 5.26 Å². The lowest BCUT2D eigenvalue weighted by atomic mass is 10.3. The predicted molar refractivity (Wildman–Crippen MR) is 44.1 cm³/mol. The van der Waals surface area contributed by atoms with E-state index in [2.05, 4.69) is 20.9 Å². The zero-order valence-corrected chi connectivity index (χ0v) is 7.18. The van der Waals surface area contributed by atoms with Crippen LogP contribution < -0.4 is 5.56 Å². The predicted octanol–water partition coefficient (Wildman–Crippen LogP) is 1.20. The van der Waals surface area contributed by atoms with E-state index in [1.54, 1.807) is 6.07 Å². The normalized spacial score (nSPS) is 9.09. The summed E-state index contributed by atoms with van der Waals surface area (Å²) in [6.07, 6.45) is 0.231. The maximum absolute atomic E-state index is 10.8. The first kappa shape index (κ1) is 8.02. The highest BCUT2D eigenvalue weighted by atomic mass is 79.9. The van der Waals surface area contributed by atoms with Gasteiger partial charge in [0.2, 0.25) is 5.56 Å². The van der Waals surface area contributed by atoms with Crippen LogP contribution in [-0.4, -0.2) is 4.98 Å². The summed E-state index contributed by atoms with van der Waals surface area (Å²) in [5.74, 6) is 0. The van der Waals surface area contributed by atoms with Gasteiger partial charge in [0.1, 0.15) is 0 Å². The summed E-state index contributed by atoms with van der Waals surface area (Å²) in [4.78, 5) is 13.3. The summed E-state index contributed by atoms with van der Waals surface area (Å²) in [6.45, 7) is 0. The zero-order valence-electron chi connectivity index (χ0n) is 5.60. The van der Waals surface area contributed by atoms with Crippen molar-refractivity contribution in [2.75, 3.05) is 0 Å². The molecule has 1 rings (SSSR count). The molecule has 4 heteroatoms. The van der Waals surface area contributed by atoms with Crippen molar-refractivity contribution in [2.45, 2.75) is 6.42 Å². The molecule has 0 aliphatic heterocycles. The number of aromatic nitrogens is 1. The second-order valence-corrected chi connectivity index (χ2v) is 2.94. The molecular weight excluding hydrogens is 208 g/mol. The van der Waals surface area contributed by atoms with Crippen molar-refractivity contribution in [3.63, 3.8) is 0 Å². The fraction of sp³-hybridized carbons (Fsp3) is 0.143.